The van der Waals surface area contributed by atoms with Crippen molar-refractivity contribution in [1.82, 2.24) is 0 Å². The van der Waals surface area contributed by atoms with Crippen LogP contribution in [0.3, 0.4) is 0 Å². The van der Waals surface area contributed by atoms with Crippen LogP contribution in [0.4, 0.5) is 0 Å². The molecule has 8 atom stereocenters. The number of hydrogen-bond donors (Lipinski definition) is 0. The van der Waals surface area contributed by atoms with Crippen molar-refractivity contribution in [3.05, 3.63) is 11.6 Å². The van der Waals surface area contributed by atoms with E-state index in [-0.39, 0.29) is 11.5 Å². The molecule has 4 aliphatic rings. The number of fused-ring (bicyclic) bond motifs is 5. The summed E-state index contributed by atoms with van der Waals surface area (Å²) in [7, 11) is -3.38. The molecule has 0 spiro atoms. The molecule has 0 bridgehead atoms. The molecule has 4 rings (SSSR count). The predicted octanol–water partition coefficient (Wildman–Crippen LogP) is 7.37. The molecule has 32 heavy (non-hydrogen) atoms. The highest BCUT2D eigenvalue weighted by atomic mass is 32.2. The van der Waals surface area contributed by atoms with Gasteiger partial charge in [-0.15, -0.1) is 0 Å². The Kier molecular flexibility index (Phi) is 6.98. The van der Waals surface area contributed by atoms with Crippen molar-refractivity contribution >= 4 is 10.1 Å². The van der Waals surface area contributed by atoms with Gasteiger partial charge in [0.2, 0.25) is 0 Å². The molecule has 0 heterocycles. The van der Waals surface area contributed by atoms with Gasteiger partial charge in [0.1, 0.15) is 0 Å². The van der Waals surface area contributed by atoms with E-state index in [9.17, 15) is 8.42 Å². The standard InChI is InChI=1S/C28H48O3S/c1-19(2)8-7-9-20(3)24-12-13-25-23-11-10-21-18-22(31-32(6,29)30)14-16-27(21,4)26(23)15-17-28(24,25)5/h10,19-20,22-26H,7-9,11-18H2,1-6H3/t20-,22-,23+,24?,25+,26+,27?,28?/m1/s1. The van der Waals surface area contributed by atoms with Gasteiger partial charge in [-0.25, -0.2) is 0 Å². The van der Waals surface area contributed by atoms with Crippen molar-refractivity contribution in [2.75, 3.05) is 6.26 Å². The maximum atomic E-state index is 11.7. The molecule has 0 saturated heterocycles. The van der Waals surface area contributed by atoms with E-state index in [1.807, 2.05) is 0 Å². The zero-order chi connectivity index (χ0) is 23.3. The summed E-state index contributed by atoms with van der Waals surface area (Å²) in [5.74, 6) is 5.05. The van der Waals surface area contributed by atoms with Crippen LogP contribution in [0.25, 0.3) is 0 Å². The lowest BCUT2D eigenvalue weighted by atomic mass is 9.47. The first kappa shape index (κ1) is 24.8. The van der Waals surface area contributed by atoms with Crippen LogP contribution in [0.1, 0.15) is 105 Å². The zero-order valence-electron chi connectivity index (χ0n) is 21.5. The molecule has 0 aromatic rings. The highest BCUT2D eigenvalue weighted by Gasteiger charge is 2.59. The Hall–Kier alpha value is -0.350. The fourth-order valence-corrected chi connectivity index (χ4v) is 9.64. The third-order valence-electron chi connectivity index (χ3n) is 10.6. The monoisotopic (exact) mass is 464 g/mol. The van der Waals surface area contributed by atoms with Gasteiger partial charge >= 0.3 is 0 Å². The Bertz CT molecular complexity index is 815. The molecule has 184 valence electrons. The van der Waals surface area contributed by atoms with Crippen LogP contribution in [0.15, 0.2) is 11.6 Å². The molecule has 4 heteroatoms. The minimum absolute atomic E-state index is 0.155. The maximum Gasteiger partial charge on any atom is 0.264 e. The van der Waals surface area contributed by atoms with Gasteiger partial charge in [0.05, 0.1) is 12.4 Å². The maximum absolute atomic E-state index is 11.7. The summed E-state index contributed by atoms with van der Waals surface area (Å²) in [6.45, 7) is 12.4. The summed E-state index contributed by atoms with van der Waals surface area (Å²) in [4.78, 5) is 0. The van der Waals surface area contributed by atoms with E-state index in [4.69, 9.17) is 4.18 Å². The van der Waals surface area contributed by atoms with Gasteiger partial charge in [0, 0.05) is 0 Å². The van der Waals surface area contributed by atoms with Crippen LogP contribution in [0, 0.1) is 46.3 Å². The second-order valence-corrected chi connectivity index (χ2v) is 14.6. The van der Waals surface area contributed by atoms with Crippen molar-refractivity contribution in [3.8, 4) is 0 Å². The van der Waals surface area contributed by atoms with Gasteiger partial charge in [0.25, 0.3) is 10.1 Å². The lowest BCUT2D eigenvalue weighted by Crippen LogP contribution is -2.51. The van der Waals surface area contributed by atoms with Crippen LogP contribution >= 0.6 is 0 Å². The molecule has 0 radical (unpaired) electrons. The Morgan fingerprint density at radius 1 is 1.03 bits per heavy atom. The van der Waals surface area contributed by atoms with Crippen LogP contribution in [0.5, 0.6) is 0 Å². The summed E-state index contributed by atoms with van der Waals surface area (Å²) in [6, 6.07) is 0. The lowest BCUT2D eigenvalue weighted by Gasteiger charge is -2.58. The molecule has 3 nitrogen and oxygen atoms in total. The first-order chi connectivity index (χ1) is 14.9. The van der Waals surface area contributed by atoms with Gasteiger partial charge < -0.3 is 0 Å². The lowest BCUT2D eigenvalue weighted by molar-refractivity contribution is -0.0556. The Morgan fingerprint density at radius 2 is 1.78 bits per heavy atom. The van der Waals surface area contributed by atoms with Gasteiger partial charge in [-0.1, -0.05) is 65.5 Å². The van der Waals surface area contributed by atoms with Crippen LogP contribution in [-0.2, 0) is 14.3 Å². The molecule has 3 unspecified atom stereocenters. The SMILES string of the molecule is CC(C)CCC[C@@H](C)C1CC[C@H]2[C@@H]3CC=C4C[C@H](OS(C)(=O)=O)CCC4(C)[C@H]3CCC12C. The average Bonchev–Trinajstić information content (AvgIpc) is 3.04. The molecule has 0 aromatic heterocycles. The minimum Gasteiger partial charge on any atom is -0.267 e. The van der Waals surface area contributed by atoms with E-state index in [0.29, 0.717) is 5.41 Å². The molecule has 3 fully saturated rings. The van der Waals surface area contributed by atoms with Gasteiger partial charge in [-0.05, 0) is 97.7 Å². The molecular weight excluding hydrogens is 416 g/mol. The average molecular weight is 465 g/mol. The van der Waals surface area contributed by atoms with Crippen molar-refractivity contribution in [2.24, 2.45) is 46.3 Å². The first-order valence-electron chi connectivity index (χ1n) is 13.5. The predicted molar refractivity (Wildman–Crippen MR) is 133 cm³/mol. The van der Waals surface area contributed by atoms with E-state index >= 15 is 0 Å². The Morgan fingerprint density at radius 3 is 2.47 bits per heavy atom. The van der Waals surface area contributed by atoms with Crippen LogP contribution in [-0.4, -0.2) is 20.8 Å². The highest BCUT2D eigenvalue weighted by Crippen LogP contribution is 2.67. The summed E-state index contributed by atoms with van der Waals surface area (Å²) in [5.41, 5.74) is 2.28. The molecular formula is C28H48O3S. The summed E-state index contributed by atoms with van der Waals surface area (Å²) in [6.07, 6.45) is 17.3. The van der Waals surface area contributed by atoms with E-state index < -0.39 is 10.1 Å². The molecule has 0 amide bonds. The van der Waals surface area contributed by atoms with E-state index in [1.54, 1.807) is 0 Å². The van der Waals surface area contributed by atoms with Crippen molar-refractivity contribution < 1.29 is 12.6 Å². The number of rotatable bonds is 7. The quantitative estimate of drug-likeness (QED) is 0.292. The fraction of sp³-hybridized carbons (Fsp3) is 0.929. The molecule has 4 aliphatic carbocycles. The third-order valence-corrected chi connectivity index (χ3v) is 11.2. The summed E-state index contributed by atoms with van der Waals surface area (Å²) < 4.78 is 28.8. The second-order valence-electron chi connectivity index (χ2n) is 13.0. The van der Waals surface area contributed by atoms with Crippen LogP contribution in [0.2, 0.25) is 0 Å². The molecule has 0 N–H and O–H groups in total. The molecule has 0 aliphatic heterocycles. The van der Waals surface area contributed by atoms with E-state index in [1.165, 1.54) is 63.2 Å². The smallest absolute Gasteiger partial charge is 0.264 e. The minimum atomic E-state index is -3.38. The van der Waals surface area contributed by atoms with Gasteiger partial charge in [0.15, 0.2) is 0 Å². The fourth-order valence-electron chi connectivity index (χ4n) is 8.98. The Labute approximate surface area is 198 Å². The van der Waals surface area contributed by atoms with Crippen molar-refractivity contribution in [2.45, 2.75) is 111 Å². The van der Waals surface area contributed by atoms with Gasteiger partial charge in [-0.3, -0.25) is 4.18 Å². The summed E-state index contributed by atoms with van der Waals surface area (Å²) >= 11 is 0. The molecule has 3 saturated carbocycles. The highest BCUT2D eigenvalue weighted by molar-refractivity contribution is 7.86. The number of allylic oxidation sites excluding steroid dienone is 1. The third kappa shape index (κ3) is 4.61. The summed E-state index contributed by atoms with van der Waals surface area (Å²) in [5, 5.41) is 0. The Balaban J connectivity index is 1.47. The van der Waals surface area contributed by atoms with Gasteiger partial charge in [-0.2, -0.15) is 8.42 Å². The number of hydrogen-bond acceptors (Lipinski definition) is 3. The van der Waals surface area contributed by atoms with E-state index in [0.717, 1.165) is 54.8 Å². The normalized spacial score (nSPS) is 42.7. The first-order valence-corrected chi connectivity index (χ1v) is 15.3. The van der Waals surface area contributed by atoms with Crippen LogP contribution < -0.4 is 0 Å². The van der Waals surface area contributed by atoms with Crippen molar-refractivity contribution in [1.29, 1.82) is 0 Å². The largest absolute Gasteiger partial charge is 0.267 e. The zero-order valence-corrected chi connectivity index (χ0v) is 22.3. The van der Waals surface area contributed by atoms with Crippen molar-refractivity contribution in [3.63, 3.8) is 0 Å². The topological polar surface area (TPSA) is 43.4 Å². The second kappa shape index (κ2) is 9.02. The molecule has 0 aromatic carbocycles. The van der Waals surface area contributed by atoms with E-state index in [2.05, 4.69) is 40.7 Å².